The van der Waals surface area contributed by atoms with Crippen molar-refractivity contribution in [1.82, 2.24) is 57.5 Å². The van der Waals surface area contributed by atoms with E-state index in [1.54, 1.807) is 74.6 Å². The summed E-state index contributed by atoms with van der Waals surface area (Å²) >= 11 is 6.01. The highest BCUT2D eigenvalue weighted by Crippen LogP contribution is 2.20. The lowest BCUT2D eigenvalue weighted by Gasteiger charge is -2.27. The van der Waals surface area contributed by atoms with Crippen LogP contribution in [0.4, 0.5) is 0 Å². The van der Waals surface area contributed by atoms with Crippen LogP contribution in [-0.4, -0.2) is 129 Å². The largest absolute Gasteiger partial charge is 0.370 e. The number of benzene rings is 3. The van der Waals surface area contributed by atoms with Gasteiger partial charge in [0.1, 0.15) is 42.3 Å². The summed E-state index contributed by atoms with van der Waals surface area (Å²) in [5, 5.41) is 22.2. The number of para-hydroxylation sites is 1. The lowest BCUT2D eigenvalue weighted by Crippen LogP contribution is -2.59. The normalized spacial score (nSPS) is 14.2. The molecule has 5 aromatic rings. The first-order valence-electron chi connectivity index (χ1n) is 26.5. The molecule has 0 aliphatic carbocycles. The molecule has 0 spiro atoms. The molecule has 0 aliphatic heterocycles. The number of aromatic nitrogens is 3. The van der Waals surface area contributed by atoms with Gasteiger partial charge in [0.15, 0.2) is 0 Å². The molecule has 25 heteroatoms. The number of imidazole rings is 1. The van der Waals surface area contributed by atoms with Gasteiger partial charge < -0.3 is 69.7 Å². The number of rotatable bonds is 31. The summed E-state index contributed by atoms with van der Waals surface area (Å²) in [6, 6.07) is 12.9. The fraction of sp³-hybridized carbons (Fsp3) is 0.411. The van der Waals surface area contributed by atoms with Crippen LogP contribution in [0.25, 0.3) is 10.9 Å². The minimum Gasteiger partial charge on any atom is -0.370 e. The summed E-state index contributed by atoms with van der Waals surface area (Å²) < 4.78 is 0. The third-order valence-corrected chi connectivity index (χ3v) is 13.3. The molecule has 16 N–H and O–H groups in total. The third-order valence-electron chi connectivity index (χ3n) is 13.1. The van der Waals surface area contributed by atoms with Crippen LogP contribution in [-0.2, 0) is 73.6 Å². The van der Waals surface area contributed by atoms with Gasteiger partial charge in [-0.1, -0.05) is 100.0 Å². The summed E-state index contributed by atoms with van der Waals surface area (Å²) in [4.78, 5) is 145. The second kappa shape index (κ2) is 30.6. The average molecular weight is 1140 g/mol. The van der Waals surface area contributed by atoms with Crippen molar-refractivity contribution in [2.24, 2.45) is 29.0 Å². The van der Waals surface area contributed by atoms with Crippen molar-refractivity contribution in [3.63, 3.8) is 0 Å². The van der Waals surface area contributed by atoms with Crippen molar-refractivity contribution in [3.05, 3.63) is 125 Å². The van der Waals surface area contributed by atoms with E-state index in [1.165, 1.54) is 19.4 Å². The van der Waals surface area contributed by atoms with Crippen LogP contribution in [0, 0.1) is 11.8 Å². The van der Waals surface area contributed by atoms with Gasteiger partial charge in [-0.25, -0.2) is 4.98 Å². The second-order valence-electron chi connectivity index (χ2n) is 20.6. The summed E-state index contributed by atoms with van der Waals surface area (Å²) in [5.41, 5.74) is 20.6. The summed E-state index contributed by atoms with van der Waals surface area (Å²) in [6.45, 7) is 7.64. The van der Waals surface area contributed by atoms with E-state index < -0.39 is 120 Å². The SMILES string of the molecule is CC(C)CC(NC(=O)C(Cc1cnc[nH]1)NC(=O)CNC(=O)C(NC(=O)C(C)NC(=O)C(Cc1c[nH]c2ccccc12)NC(=O)C(CCC(N)=O)NC(=O)C(N)Cc1ccccc1)C(C)C)C(=O)NC(Cc1ccc(Cl)cc1)C(N)=O. The van der Waals surface area contributed by atoms with Crippen molar-refractivity contribution >= 4 is 81.6 Å². The highest BCUT2D eigenvalue weighted by Gasteiger charge is 2.34. The third kappa shape index (κ3) is 20.2. The minimum atomic E-state index is -1.36. The standard InChI is InChI=1S/C56H73ClN14O10/c1-30(2)21-43(54(79)68-42(49(60)74)23-34-15-17-36(57)18-16-34)69-55(80)45(25-37-27-61-29-64-37)66-47(73)28-63-56(81)48(31(3)4)71-50(75)32(5)65-53(78)44(24-35-26-62-40-14-10-9-13-38(35)40)70-52(77)41(19-20-46(59)72)67-51(76)39(58)22-33-11-7-6-8-12-33/h6-18,26-27,29-32,39,41-45,48,62H,19-25,28,58H2,1-5H3,(H2,59,72)(H2,60,74)(H,61,64)(H,63,81)(H,65,78)(H,66,73)(H,67,76)(H,68,79)(H,69,80)(H,70,77)(H,71,75). The Balaban J connectivity index is 1.24. The molecule has 0 saturated carbocycles. The van der Waals surface area contributed by atoms with Crippen LogP contribution in [0.1, 0.15) is 76.3 Å². The molecule has 3 aromatic carbocycles. The molecule has 434 valence electrons. The summed E-state index contributed by atoms with van der Waals surface area (Å²) in [6.07, 6.45) is 4.10. The Labute approximate surface area is 473 Å². The lowest BCUT2D eigenvalue weighted by molar-refractivity contribution is -0.135. The Kier molecular flexibility index (Phi) is 23.9. The zero-order valence-electron chi connectivity index (χ0n) is 45.8. The molecule has 8 atom stereocenters. The van der Waals surface area contributed by atoms with Crippen LogP contribution in [0.5, 0.6) is 0 Å². The van der Waals surface area contributed by atoms with Gasteiger partial charge in [-0.3, -0.25) is 47.9 Å². The maximum absolute atomic E-state index is 14.2. The monoisotopic (exact) mass is 1140 g/mol. The van der Waals surface area contributed by atoms with E-state index in [4.69, 9.17) is 28.8 Å². The van der Waals surface area contributed by atoms with Gasteiger partial charge in [0.05, 0.1) is 18.9 Å². The van der Waals surface area contributed by atoms with Crippen molar-refractivity contribution in [2.75, 3.05) is 6.54 Å². The first kappa shape index (κ1) is 63.2. The molecule has 2 heterocycles. The maximum atomic E-state index is 14.2. The first-order valence-corrected chi connectivity index (χ1v) is 26.9. The molecule has 24 nitrogen and oxygen atoms in total. The van der Waals surface area contributed by atoms with E-state index in [0.717, 1.165) is 16.5 Å². The highest BCUT2D eigenvalue weighted by atomic mass is 35.5. The van der Waals surface area contributed by atoms with Crippen LogP contribution in [0.15, 0.2) is 97.6 Å². The van der Waals surface area contributed by atoms with Crippen LogP contribution < -0.4 is 59.7 Å². The number of hydrogen-bond donors (Lipinski definition) is 13. The Morgan fingerprint density at radius 2 is 1.17 bits per heavy atom. The van der Waals surface area contributed by atoms with Gasteiger partial charge in [-0.15, -0.1) is 0 Å². The summed E-state index contributed by atoms with van der Waals surface area (Å²) in [5.74, 6) is -8.41. The molecule has 10 amide bonds. The predicted octanol–water partition coefficient (Wildman–Crippen LogP) is 0.125. The fourth-order valence-corrected chi connectivity index (χ4v) is 8.79. The van der Waals surface area contributed by atoms with Crippen LogP contribution >= 0.6 is 11.6 Å². The zero-order chi connectivity index (χ0) is 59.3. The number of hydrogen-bond acceptors (Lipinski definition) is 12. The van der Waals surface area contributed by atoms with E-state index in [1.807, 2.05) is 38.1 Å². The molecule has 0 fully saturated rings. The molecule has 8 unspecified atom stereocenters. The van der Waals surface area contributed by atoms with Crippen molar-refractivity contribution < 1.29 is 47.9 Å². The molecule has 0 aliphatic rings. The number of primary amides is 2. The Hall–Kier alpha value is -8.64. The molecule has 2 aromatic heterocycles. The van der Waals surface area contributed by atoms with Gasteiger partial charge >= 0.3 is 0 Å². The number of amides is 10. The number of carbonyl (C=O) groups is 10. The molecule has 0 saturated heterocycles. The minimum absolute atomic E-state index is 0.0523. The highest BCUT2D eigenvalue weighted by molar-refractivity contribution is 6.30. The summed E-state index contributed by atoms with van der Waals surface area (Å²) in [7, 11) is 0. The number of H-pyrrole nitrogens is 2. The van der Waals surface area contributed by atoms with Gasteiger partial charge in [0.25, 0.3) is 0 Å². The number of halogens is 1. The van der Waals surface area contributed by atoms with Crippen LogP contribution in [0.3, 0.4) is 0 Å². The van der Waals surface area contributed by atoms with Gasteiger partial charge in [0.2, 0.25) is 59.1 Å². The van der Waals surface area contributed by atoms with E-state index in [2.05, 4.69) is 57.5 Å². The van der Waals surface area contributed by atoms with E-state index in [9.17, 15) is 47.9 Å². The number of fused-ring (bicyclic) bond motifs is 1. The molecule has 81 heavy (non-hydrogen) atoms. The number of aromatic amines is 2. The average Bonchev–Trinajstić information content (AvgIpc) is 4.10. The van der Waals surface area contributed by atoms with Gasteiger partial charge in [-0.2, -0.15) is 0 Å². The molecular formula is C56H73ClN14O10. The van der Waals surface area contributed by atoms with E-state index >= 15 is 0 Å². The number of nitrogens with zero attached hydrogens (tertiary/aromatic N) is 1. The maximum Gasteiger partial charge on any atom is 0.243 e. The Morgan fingerprint density at radius 1 is 0.580 bits per heavy atom. The second-order valence-corrected chi connectivity index (χ2v) is 21.0. The molecular weight excluding hydrogens is 1060 g/mol. The fourth-order valence-electron chi connectivity index (χ4n) is 8.66. The Bertz CT molecular complexity index is 2970. The Morgan fingerprint density at radius 3 is 1.81 bits per heavy atom. The van der Waals surface area contributed by atoms with Crippen LogP contribution in [0.2, 0.25) is 5.02 Å². The molecule has 5 rings (SSSR count). The predicted molar refractivity (Wildman–Crippen MR) is 302 cm³/mol. The number of nitrogens with one attached hydrogen (secondary N) is 10. The topological polar surface area (TPSA) is 389 Å². The van der Waals surface area contributed by atoms with Crippen molar-refractivity contribution in [2.45, 2.75) is 128 Å². The smallest absolute Gasteiger partial charge is 0.243 e. The molecule has 0 bridgehead atoms. The van der Waals surface area contributed by atoms with Crippen molar-refractivity contribution in [3.8, 4) is 0 Å². The first-order chi connectivity index (χ1) is 38.5. The van der Waals surface area contributed by atoms with Gasteiger partial charge in [0, 0.05) is 59.7 Å². The van der Waals surface area contributed by atoms with E-state index in [0.29, 0.717) is 21.8 Å². The zero-order valence-corrected chi connectivity index (χ0v) is 46.6. The molecule has 0 radical (unpaired) electrons. The lowest BCUT2D eigenvalue weighted by atomic mass is 10.0. The number of carbonyl (C=O) groups excluding carboxylic acids is 10. The van der Waals surface area contributed by atoms with Gasteiger partial charge in [-0.05, 0) is 72.9 Å². The quantitative estimate of drug-likeness (QED) is 0.0282. The number of nitrogens with two attached hydrogens (primary N) is 3. The van der Waals surface area contributed by atoms with E-state index in [-0.39, 0.29) is 50.9 Å². The van der Waals surface area contributed by atoms with Crippen molar-refractivity contribution in [1.29, 1.82) is 0 Å².